The zero-order chi connectivity index (χ0) is 14.5. The molecule has 0 aliphatic heterocycles. The molecule has 0 heterocycles. The fraction of sp³-hybridized carbons (Fsp3) is 0.200. The molecule has 0 saturated heterocycles. The van der Waals surface area contributed by atoms with E-state index in [1.807, 2.05) is 0 Å². The summed E-state index contributed by atoms with van der Waals surface area (Å²) in [6.45, 7) is 0.250. The van der Waals surface area contributed by atoms with Crippen LogP contribution in [0.25, 0.3) is 0 Å². The minimum atomic E-state index is -0.606. The Morgan fingerprint density at radius 2 is 1.65 bits per heavy atom. The summed E-state index contributed by atoms with van der Waals surface area (Å²) in [5.41, 5.74) is 6.40. The highest BCUT2D eigenvalue weighted by Crippen LogP contribution is 2.16. The summed E-state index contributed by atoms with van der Waals surface area (Å²) >= 11 is 5.76. The second kappa shape index (κ2) is 6.68. The van der Waals surface area contributed by atoms with Crippen LogP contribution >= 0.6 is 11.6 Å². The van der Waals surface area contributed by atoms with Crippen LogP contribution in [0.1, 0.15) is 5.56 Å². The molecular weight excluding hydrogens is 284 g/mol. The molecule has 1 unspecified atom stereocenters. The SMILES string of the molecule is NC(COc1ccc(Cl)cc1)Cc1cc(F)cc(F)c1. The molecule has 20 heavy (non-hydrogen) atoms. The number of benzene rings is 2. The largest absolute Gasteiger partial charge is 0.492 e. The molecule has 2 aromatic carbocycles. The number of ether oxygens (including phenoxy) is 1. The highest BCUT2D eigenvalue weighted by molar-refractivity contribution is 6.30. The van der Waals surface area contributed by atoms with E-state index in [1.54, 1.807) is 24.3 Å². The van der Waals surface area contributed by atoms with E-state index < -0.39 is 11.6 Å². The first-order valence-corrected chi connectivity index (χ1v) is 6.49. The lowest BCUT2D eigenvalue weighted by molar-refractivity contribution is 0.287. The van der Waals surface area contributed by atoms with Crippen LogP contribution in [0.4, 0.5) is 8.78 Å². The predicted octanol–water partition coefficient (Wildman–Crippen LogP) is 3.57. The van der Waals surface area contributed by atoms with Crippen molar-refractivity contribution in [1.82, 2.24) is 0 Å². The Morgan fingerprint density at radius 3 is 2.25 bits per heavy atom. The predicted molar refractivity (Wildman–Crippen MR) is 75.0 cm³/mol. The van der Waals surface area contributed by atoms with Crippen molar-refractivity contribution in [1.29, 1.82) is 0 Å². The van der Waals surface area contributed by atoms with E-state index in [9.17, 15) is 8.78 Å². The minimum absolute atomic E-state index is 0.250. The molecule has 0 amide bonds. The third kappa shape index (κ3) is 4.47. The Labute approximate surface area is 121 Å². The van der Waals surface area contributed by atoms with Crippen LogP contribution in [0.15, 0.2) is 42.5 Å². The van der Waals surface area contributed by atoms with Gasteiger partial charge in [0.2, 0.25) is 0 Å². The monoisotopic (exact) mass is 297 g/mol. The fourth-order valence-electron chi connectivity index (χ4n) is 1.82. The van der Waals surface area contributed by atoms with Gasteiger partial charge in [-0.15, -0.1) is 0 Å². The van der Waals surface area contributed by atoms with Crippen LogP contribution in [0.2, 0.25) is 5.02 Å². The molecule has 0 saturated carbocycles. The van der Waals surface area contributed by atoms with E-state index in [0.29, 0.717) is 22.8 Å². The van der Waals surface area contributed by atoms with Crippen molar-refractivity contribution in [3.8, 4) is 5.75 Å². The van der Waals surface area contributed by atoms with Gasteiger partial charge in [-0.3, -0.25) is 0 Å². The molecule has 0 aromatic heterocycles. The van der Waals surface area contributed by atoms with Crippen molar-refractivity contribution in [3.05, 3.63) is 64.7 Å². The first-order chi connectivity index (χ1) is 9.52. The number of hydrogen-bond acceptors (Lipinski definition) is 2. The van der Waals surface area contributed by atoms with Crippen molar-refractivity contribution in [3.63, 3.8) is 0 Å². The molecule has 0 aliphatic rings. The summed E-state index contributed by atoms with van der Waals surface area (Å²) < 4.78 is 31.6. The molecule has 0 radical (unpaired) electrons. The van der Waals surface area contributed by atoms with Crippen LogP contribution in [0.3, 0.4) is 0 Å². The van der Waals surface area contributed by atoms with Gasteiger partial charge in [0.1, 0.15) is 24.0 Å². The molecule has 2 rings (SSSR count). The summed E-state index contributed by atoms with van der Waals surface area (Å²) in [5, 5.41) is 0.622. The fourth-order valence-corrected chi connectivity index (χ4v) is 1.95. The second-order valence-electron chi connectivity index (χ2n) is 4.51. The molecule has 1 atom stereocenters. The highest BCUT2D eigenvalue weighted by Gasteiger charge is 2.08. The third-order valence-electron chi connectivity index (χ3n) is 2.70. The van der Waals surface area contributed by atoms with E-state index in [1.165, 1.54) is 12.1 Å². The zero-order valence-corrected chi connectivity index (χ0v) is 11.4. The first-order valence-electron chi connectivity index (χ1n) is 6.12. The maximum absolute atomic E-state index is 13.0. The number of halogens is 3. The molecule has 0 bridgehead atoms. The molecule has 0 fully saturated rings. The normalized spacial score (nSPS) is 12.2. The number of hydrogen-bond donors (Lipinski definition) is 1. The van der Waals surface area contributed by atoms with Crippen LogP contribution in [0.5, 0.6) is 5.75 Å². The van der Waals surface area contributed by atoms with Gasteiger partial charge in [-0.1, -0.05) is 11.6 Å². The topological polar surface area (TPSA) is 35.2 Å². The van der Waals surface area contributed by atoms with Gasteiger partial charge in [-0.2, -0.15) is 0 Å². The van der Waals surface area contributed by atoms with E-state index >= 15 is 0 Å². The minimum Gasteiger partial charge on any atom is -0.492 e. The van der Waals surface area contributed by atoms with Gasteiger partial charge in [-0.25, -0.2) is 8.78 Å². The van der Waals surface area contributed by atoms with Crippen LogP contribution in [-0.4, -0.2) is 12.6 Å². The van der Waals surface area contributed by atoms with Gasteiger partial charge in [-0.05, 0) is 48.4 Å². The maximum Gasteiger partial charge on any atom is 0.126 e. The van der Waals surface area contributed by atoms with Gasteiger partial charge in [0.05, 0.1) is 0 Å². The average molecular weight is 298 g/mol. The zero-order valence-electron chi connectivity index (χ0n) is 10.7. The van der Waals surface area contributed by atoms with Gasteiger partial charge in [0, 0.05) is 17.1 Å². The van der Waals surface area contributed by atoms with Crippen molar-refractivity contribution < 1.29 is 13.5 Å². The first kappa shape index (κ1) is 14.8. The van der Waals surface area contributed by atoms with Crippen LogP contribution in [-0.2, 0) is 6.42 Å². The Bertz CT molecular complexity index is 554. The van der Waals surface area contributed by atoms with E-state index in [0.717, 1.165) is 6.07 Å². The summed E-state index contributed by atoms with van der Waals surface area (Å²) in [4.78, 5) is 0. The van der Waals surface area contributed by atoms with Crippen molar-refractivity contribution in [2.24, 2.45) is 5.73 Å². The molecule has 2 aromatic rings. The standard InChI is InChI=1S/C15H14ClF2NO/c16-11-1-3-15(4-2-11)20-9-14(19)7-10-5-12(17)8-13(18)6-10/h1-6,8,14H,7,9,19H2. The second-order valence-corrected chi connectivity index (χ2v) is 4.94. The highest BCUT2D eigenvalue weighted by atomic mass is 35.5. The Morgan fingerprint density at radius 1 is 1.05 bits per heavy atom. The van der Waals surface area contributed by atoms with Crippen molar-refractivity contribution in [2.75, 3.05) is 6.61 Å². The quantitative estimate of drug-likeness (QED) is 0.916. The summed E-state index contributed by atoms with van der Waals surface area (Å²) in [7, 11) is 0. The van der Waals surface area contributed by atoms with Crippen molar-refractivity contribution in [2.45, 2.75) is 12.5 Å². The Kier molecular flexibility index (Phi) is 4.93. The lowest BCUT2D eigenvalue weighted by atomic mass is 10.1. The van der Waals surface area contributed by atoms with E-state index in [-0.39, 0.29) is 12.6 Å². The van der Waals surface area contributed by atoms with Gasteiger partial charge < -0.3 is 10.5 Å². The van der Waals surface area contributed by atoms with Crippen LogP contribution < -0.4 is 10.5 Å². The Balaban J connectivity index is 1.88. The molecular formula is C15H14ClF2NO. The molecule has 5 heteroatoms. The lowest BCUT2D eigenvalue weighted by Crippen LogP contribution is -2.30. The molecule has 106 valence electrons. The Hall–Kier alpha value is -1.65. The number of nitrogens with two attached hydrogens (primary N) is 1. The maximum atomic E-state index is 13.0. The molecule has 0 aliphatic carbocycles. The van der Waals surface area contributed by atoms with Gasteiger partial charge >= 0.3 is 0 Å². The van der Waals surface area contributed by atoms with E-state index in [2.05, 4.69) is 0 Å². The average Bonchev–Trinajstić information content (AvgIpc) is 2.37. The number of rotatable bonds is 5. The summed E-state index contributed by atoms with van der Waals surface area (Å²) in [6.07, 6.45) is 0.336. The van der Waals surface area contributed by atoms with Gasteiger partial charge in [0.25, 0.3) is 0 Å². The smallest absolute Gasteiger partial charge is 0.126 e. The summed E-state index contributed by atoms with van der Waals surface area (Å²) in [6, 6.07) is 9.91. The molecule has 0 spiro atoms. The molecule has 2 nitrogen and oxygen atoms in total. The summed E-state index contributed by atoms with van der Waals surface area (Å²) in [5.74, 6) is -0.563. The molecule has 2 N–H and O–H groups in total. The van der Waals surface area contributed by atoms with Gasteiger partial charge in [0.15, 0.2) is 0 Å². The van der Waals surface area contributed by atoms with Crippen LogP contribution in [0, 0.1) is 11.6 Å². The third-order valence-corrected chi connectivity index (χ3v) is 2.95. The lowest BCUT2D eigenvalue weighted by Gasteiger charge is -2.13. The van der Waals surface area contributed by atoms with E-state index in [4.69, 9.17) is 22.1 Å². The van der Waals surface area contributed by atoms with Crippen molar-refractivity contribution >= 4 is 11.6 Å².